The number of nitrogens with one attached hydrogen (secondary N) is 1. The molecule has 0 atom stereocenters. The van der Waals surface area contributed by atoms with Crippen LogP contribution in [0.15, 0.2) is 82.6 Å². The minimum Gasteiger partial charge on any atom is -0.379 e. The smallest absolute Gasteiger partial charge is 0.264 e. The lowest BCUT2D eigenvalue weighted by molar-refractivity contribution is -0.114. The van der Waals surface area contributed by atoms with Crippen molar-refractivity contribution in [3.8, 4) is 0 Å². The zero-order valence-electron chi connectivity index (χ0n) is 20.0. The molecule has 12 heteroatoms. The van der Waals surface area contributed by atoms with Gasteiger partial charge in [-0.2, -0.15) is 4.31 Å². The molecule has 3 aromatic rings. The highest BCUT2D eigenvalue weighted by atomic mass is 35.5. The summed E-state index contributed by atoms with van der Waals surface area (Å²) in [6.07, 6.45) is 0. The Morgan fingerprint density at radius 1 is 0.919 bits per heavy atom. The molecule has 1 fully saturated rings. The Morgan fingerprint density at radius 2 is 1.57 bits per heavy atom. The summed E-state index contributed by atoms with van der Waals surface area (Å²) in [7, 11) is -7.78. The predicted octanol–water partition coefficient (Wildman–Crippen LogP) is 3.50. The Balaban J connectivity index is 1.56. The predicted molar refractivity (Wildman–Crippen MR) is 142 cm³/mol. The van der Waals surface area contributed by atoms with Gasteiger partial charge < -0.3 is 10.1 Å². The van der Waals surface area contributed by atoms with E-state index in [1.54, 1.807) is 43.3 Å². The number of morpholine rings is 1. The summed E-state index contributed by atoms with van der Waals surface area (Å²) in [4.78, 5) is 13.1. The zero-order chi connectivity index (χ0) is 26.6. The maximum absolute atomic E-state index is 13.5. The van der Waals surface area contributed by atoms with Gasteiger partial charge in [-0.25, -0.2) is 16.8 Å². The molecule has 196 valence electrons. The van der Waals surface area contributed by atoms with Crippen molar-refractivity contribution in [2.24, 2.45) is 0 Å². The van der Waals surface area contributed by atoms with Crippen LogP contribution in [0.4, 0.5) is 11.4 Å². The lowest BCUT2D eigenvalue weighted by Crippen LogP contribution is -2.40. The van der Waals surface area contributed by atoms with Crippen LogP contribution in [0.25, 0.3) is 0 Å². The molecule has 0 aromatic heterocycles. The fraction of sp³-hybridized carbons (Fsp3) is 0.240. The molecule has 3 aromatic carbocycles. The largest absolute Gasteiger partial charge is 0.379 e. The summed E-state index contributed by atoms with van der Waals surface area (Å²) in [5.74, 6) is -0.609. The first-order valence-corrected chi connectivity index (χ1v) is 14.7. The number of amides is 1. The first-order chi connectivity index (χ1) is 17.6. The van der Waals surface area contributed by atoms with E-state index in [1.165, 1.54) is 40.7 Å². The molecule has 1 aliphatic rings. The number of carbonyl (C=O) groups excluding carboxylic acids is 1. The van der Waals surface area contributed by atoms with Crippen LogP contribution >= 0.6 is 11.6 Å². The van der Waals surface area contributed by atoms with Gasteiger partial charge in [-0.1, -0.05) is 35.9 Å². The molecule has 0 unspecified atom stereocenters. The maximum atomic E-state index is 13.5. The van der Waals surface area contributed by atoms with Crippen molar-refractivity contribution in [1.82, 2.24) is 4.31 Å². The highest BCUT2D eigenvalue weighted by molar-refractivity contribution is 7.92. The summed E-state index contributed by atoms with van der Waals surface area (Å²) in [5, 5.41) is 3.02. The molecule has 0 aliphatic carbocycles. The average Bonchev–Trinajstić information content (AvgIpc) is 2.90. The number of ether oxygens (including phenoxy) is 1. The number of anilines is 2. The third-order valence-corrected chi connectivity index (χ3v) is 9.97. The van der Waals surface area contributed by atoms with Crippen molar-refractivity contribution in [3.63, 3.8) is 0 Å². The Labute approximate surface area is 221 Å². The summed E-state index contributed by atoms with van der Waals surface area (Å²) in [6.45, 7) is 2.37. The SMILES string of the molecule is Cc1c(Cl)cccc1N(CC(=O)Nc1ccc(S(=O)(=O)N2CCOCC2)cc1)S(=O)(=O)c1ccccc1. The van der Waals surface area contributed by atoms with Crippen molar-refractivity contribution in [2.75, 3.05) is 42.5 Å². The van der Waals surface area contributed by atoms with Crippen LogP contribution in [0.3, 0.4) is 0 Å². The van der Waals surface area contributed by atoms with E-state index >= 15 is 0 Å². The molecule has 1 saturated heterocycles. The maximum Gasteiger partial charge on any atom is 0.264 e. The lowest BCUT2D eigenvalue weighted by atomic mass is 10.2. The highest BCUT2D eigenvalue weighted by Gasteiger charge is 2.29. The second-order valence-electron chi connectivity index (χ2n) is 8.30. The van der Waals surface area contributed by atoms with Gasteiger partial charge in [0.15, 0.2) is 0 Å². The average molecular weight is 564 g/mol. The van der Waals surface area contributed by atoms with Crippen molar-refractivity contribution >= 4 is 48.9 Å². The lowest BCUT2D eigenvalue weighted by Gasteiger charge is -2.26. The Kier molecular flexibility index (Phi) is 8.20. The molecule has 1 amide bonds. The summed E-state index contributed by atoms with van der Waals surface area (Å²) in [6, 6.07) is 18.4. The van der Waals surface area contributed by atoms with Gasteiger partial charge in [0.25, 0.3) is 10.0 Å². The van der Waals surface area contributed by atoms with E-state index < -0.39 is 32.5 Å². The summed E-state index contributed by atoms with van der Waals surface area (Å²) < 4.78 is 60.3. The number of hydrogen-bond acceptors (Lipinski definition) is 6. The molecule has 9 nitrogen and oxygen atoms in total. The van der Waals surface area contributed by atoms with Crippen LogP contribution in [0.2, 0.25) is 5.02 Å². The minimum absolute atomic E-state index is 0.0276. The first kappa shape index (κ1) is 27.1. The van der Waals surface area contributed by atoms with Crippen molar-refractivity contribution in [3.05, 3.63) is 83.4 Å². The summed E-state index contributed by atoms with van der Waals surface area (Å²) >= 11 is 6.25. The number of sulfonamides is 2. The van der Waals surface area contributed by atoms with Gasteiger partial charge in [-0.15, -0.1) is 0 Å². The topological polar surface area (TPSA) is 113 Å². The number of rotatable bonds is 8. The quantitative estimate of drug-likeness (QED) is 0.449. The number of carbonyl (C=O) groups is 1. The number of hydrogen-bond donors (Lipinski definition) is 1. The van der Waals surface area contributed by atoms with E-state index in [-0.39, 0.29) is 28.6 Å². The first-order valence-electron chi connectivity index (χ1n) is 11.4. The number of nitrogens with zero attached hydrogens (tertiary/aromatic N) is 2. The zero-order valence-corrected chi connectivity index (χ0v) is 22.4. The monoisotopic (exact) mass is 563 g/mol. The summed E-state index contributed by atoms with van der Waals surface area (Å²) in [5.41, 5.74) is 1.11. The normalized spacial score (nSPS) is 14.8. The van der Waals surface area contributed by atoms with Gasteiger partial charge in [-0.05, 0) is 61.0 Å². The molecular formula is C25H26ClN3O6S2. The fourth-order valence-corrected chi connectivity index (χ4v) is 6.94. The molecule has 0 bridgehead atoms. The molecule has 0 spiro atoms. The van der Waals surface area contributed by atoms with Gasteiger partial charge in [0.1, 0.15) is 6.54 Å². The highest BCUT2D eigenvalue weighted by Crippen LogP contribution is 2.31. The van der Waals surface area contributed by atoms with Crippen LogP contribution in [-0.2, 0) is 29.6 Å². The third kappa shape index (κ3) is 5.97. The second-order valence-corrected chi connectivity index (χ2v) is 12.5. The van der Waals surface area contributed by atoms with E-state index in [0.717, 1.165) is 4.31 Å². The van der Waals surface area contributed by atoms with E-state index in [0.29, 0.717) is 29.5 Å². The Bertz CT molecular complexity index is 1470. The molecule has 1 heterocycles. The van der Waals surface area contributed by atoms with E-state index in [4.69, 9.17) is 16.3 Å². The molecule has 1 N–H and O–H groups in total. The van der Waals surface area contributed by atoms with Crippen LogP contribution in [0.5, 0.6) is 0 Å². The van der Waals surface area contributed by atoms with E-state index in [2.05, 4.69) is 5.32 Å². The fourth-order valence-electron chi connectivity index (χ4n) is 3.86. The van der Waals surface area contributed by atoms with E-state index in [9.17, 15) is 21.6 Å². The molecule has 4 rings (SSSR count). The van der Waals surface area contributed by atoms with Crippen LogP contribution in [0.1, 0.15) is 5.56 Å². The third-order valence-electron chi connectivity index (χ3n) is 5.87. The Hall–Kier alpha value is -2.96. The van der Waals surface area contributed by atoms with Crippen molar-refractivity contribution < 1.29 is 26.4 Å². The van der Waals surface area contributed by atoms with Crippen LogP contribution in [-0.4, -0.2) is 59.9 Å². The van der Waals surface area contributed by atoms with Crippen molar-refractivity contribution in [2.45, 2.75) is 16.7 Å². The standard InChI is InChI=1S/C25H26ClN3O6S2/c1-19-23(26)8-5-9-24(19)29(37(33,34)21-6-3-2-4-7-21)18-25(30)27-20-10-12-22(13-11-20)36(31,32)28-14-16-35-17-15-28/h2-13H,14-18H2,1H3,(H,27,30). The molecular weight excluding hydrogens is 538 g/mol. The van der Waals surface area contributed by atoms with E-state index in [1.807, 2.05) is 0 Å². The van der Waals surface area contributed by atoms with Gasteiger partial charge in [0, 0.05) is 23.8 Å². The van der Waals surface area contributed by atoms with Gasteiger partial charge >= 0.3 is 0 Å². The van der Waals surface area contributed by atoms with Crippen molar-refractivity contribution in [1.29, 1.82) is 0 Å². The number of benzene rings is 3. The second kappa shape index (κ2) is 11.2. The number of halogens is 1. The molecule has 37 heavy (non-hydrogen) atoms. The van der Waals surface area contributed by atoms with Gasteiger partial charge in [0.05, 0.1) is 28.7 Å². The molecule has 1 aliphatic heterocycles. The van der Waals surface area contributed by atoms with Gasteiger partial charge in [0.2, 0.25) is 15.9 Å². The molecule has 0 radical (unpaired) electrons. The van der Waals surface area contributed by atoms with Crippen LogP contribution in [0, 0.1) is 6.92 Å². The van der Waals surface area contributed by atoms with Crippen LogP contribution < -0.4 is 9.62 Å². The Morgan fingerprint density at radius 3 is 2.22 bits per heavy atom. The molecule has 0 saturated carbocycles. The van der Waals surface area contributed by atoms with Gasteiger partial charge in [-0.3, -0.25) is 9.10 Å². The minimum atomic E-state index is -4.10.